The molecule has 1 aliphatic heterocycles. The predicted molar refractivity (Wildman–Crippen MR) is 85.3 cm³/mol. The molecular weight excluding hydrogens is 308 g/mol. The zero-order valence-corrected chi connectivity index (χ0v) is 13.1. The molecule has 0 bridgehead atoms. The number of benzene rings is 1. The number of aromatic nitrogens is 5. The number of amides is 1. The maximum atomic E-state index is 12.8. The lowest BCUT2D eigenvalue weighted by Crippen LogP contribution is -2.42. The summed E-state index contributed by atoms with van der Waals surface area (Å²) in [6.07, 6.45) is 1.47. The van der Waals surface area contributed by atoms with E-state index in [-0.39, 0.29) is 12.0 Å². The average Bonchev–Trinajstić information content (AvgIpc) is 3.09. The first-order valence-corrected chi connectivity index (χ1v) is 7.71. The monoisotopic (exact) mass is 324 g/mol. The zero-order chi connectivity index (χ0) is 16.5. The van der Waals surface area contributed by atoms with Gasteiger partial charge in [-0.05, 0) is 31.2 Å². The summed E-state index contributed by atoms with van der Waals surface area (Å²) in [6.45, 7) is 3.33. The van der Waals surface area contributed by atoms with Gasteiger partial charge in [0, 0.05) is 18.3 Å². The number of hydrogen-bond donors (Lipinski definition) is 1. The van der Waals surface area contributed by atoms with Crippen molar-refractivity contribution in [3.63, 3.8) is 0 Å². The van der Waals surface area contributed by atoms with Gasteiger partial charge in [0.2, 0.25) is 0 Å². The van der Waals surface area contributed by atoms with Gasteiger partial charge >= 0.3 is 0 Å². The molecule has 0 radical (unpaired) electrons. The first-order valence-electron chi connectivity index (χ1n) is 7.71. The highest BCUT2D eigenvalue weighted by Gasteiger charge is 2.27. The maximum absolute atomic E-state index is 12.8. The van der Waals surface area contributed by atoms with Crippen molar-refractivity contribution in [3.05, 3.63) is 47.5 Å². The predicted octanol–water partition coefficient (Wildman–Crippen LogP) is 1.27. The van der Waals surface area contributed by atoms with E-state index in [0.29, 0.717) is 36.6 Å². The number of carbonyl (C=O) groups is 1. The van der Waals surface area contributed by atoms with Gasteiger partial charge < -0.3 is 9.64 Å². The highest BCUT2D eigenvalue weighted by atomic mass is 16.5. The van der Waals surface area contributed by atoms with Gasteiger partial charge in [-0.2, -0.15) is 15.4 Å². The van der Waals surface area contributed by atoms with Crippen LogP contribution in [0.2, 0.25) is 0 Å². The van der Waals surface area contributed by atoms with E-state index in [0.717, 1.165) is 11.2 Å². The van der Waals surface area contributed by atoms with Crippen molar-refractivity contribution in [3.8, 4) is 0 Å². The molecule has 1 fully saturated rings. The minimum atomic E-state index is -0.236. The first kappa shape index (κ1) is 14.7. The average molecular weight is 324 g/mol. The molecule has 0 saturated carbocycles. The Bertz CT molecular complexity index is 893. The van der Waals surface area contributed by atoms with Crippen LogP contribution in [0.15, 0.2) is 30.5 Å². The van der Waals surface area contributed by atoms with E-state index >= 15 is 0 Å². The Morgan fingerprint density at radius 1 is 1.29 bits per heavy atom. The summed E-state index contributed by atoms with van der Waals surface area (Å²) in [7, 11) is 0. The van der Waals surface area contributed by atoms with Crippen molar-refractivity contribution < 1.29 is 9.53 Å². The fourth-order valence-corrected chi connectivity index (χ4v) is 2.82. The third kappa shape index (κ3) is 2.71. The molecule has 122 valence electrons. The Hall–Kier alpha value is -2.87. The number of morpholine rings is 1. The highest BCUT2D eigenvalue weighted by Crippen LogP contribution is 2.22. The highest BCUT2D eigenvalue weighted by molar-refractivity contribution is 5.97. The number of aromatic amines is 1. The summed E-state index contributed by atoms with van der Waals surface area (Å²) in [5, 5.41) is 10.6. The van der Waals surface area contributed by atoms with Crippen molar-refractivity contribution in [2.24, 2.45) is 0 Å². The van der Waals surface area contributed by atoms with Crippen LogP contribution >= 0.6 is 0 Å². The van der Waals surface area contributed by atoms with Crippen LogP contribution in [-0.2, 0) is 4.74 Å². The SMILES string of the molecule is Cc1nccc(C2CN(C(=O)c3ccc4n[nH]nc4c3)CCO2)n1. The molecule has 1 atom stereocenters. The lowest BCUT2D eigenvalue weighted by Gasteiger charge is -2.32. The van der Waals surface area contributed by atoms with Gasteiger partial charge in [0.15, 0.2) is 0 Å². The summed E-state index contributed by atoms with van der Waals surface area (Å²) in [5.41, 5.74) is 2.81. The van der Waals surface area contributed by atoms with Gasteiger partial charge in [-0.25, -0.2) is 9.97 Å². The molecule has 0 spiro atoms. The van der Waals surface area contributed by atoms with Gasteiger partial charge in [0.1, 0.15) is 23.0 Å². The smallest absolute Gasteiger partial charge is 0.254 e. The number of ether oxygens (including phenoxy) is 1. The van der Waals surface area contributed by atoms with Gasteiger partial charge in [-0.15, -0.1) is 0 Å². The largest absolute Gasteiger partial charge is 0.368 e. The Morgan fingerprint density at radius 2 is 2.17 bits per heavy atom. The number of nitrogens with one attached hydrogen (secondary N) is 1. The molecule has 1 saturated heterocycles. The van der Waals surface area contributed by atoms with Crippen LogP contribution in [0.3, 0.4) is 0 Å². The second-order valence-electron chi connectivity index (χ2n) is 5.67. The Balaban J connectivity index is 1.55. The lowest BCUT2D eigenvalue weighted by molar-refractivity contribution is -0.0248. The van der Waals surface area contributed by atoms with E-state index in [2.05, 4.69) is 25.4 Å². The molecule has 1 aliphatic rings. The van der Waals surface area contributed by atoms with Crippen molar-refractivity contribution in [1.29, 1.82) is 0 Å². The maximum Gasteiger partial charge on any atom is 0.254 e. The molecule has 8 heteroatoms. The van der Waals surface area contributed by atoms with Crippen molar-refractivity contribution in [1.82, 2.24) is 30.3 Å². The number of aryl methyl sites for hydroxylation is 1. The van der Waals surface area contributed by atoms with E-state index in [1.54, 1.807) is 29.3 Å². The van der Waals surface area contributed by atoms with Gasteiger partial charge in [0.25, 0.3) is 5.91 Å². The van der Waals surface area contributed by atoms with Crippen molar-refractivity contribution in [2.45, 2.75) is 13.0 Å². The quantitative estimate of drug-likeness (QED) is 0.762. The van der Waals surface area contributed by atoms with E-state index in [1.165, 1.54) is 0 Å². The van der Waals surface area contributed by atoms with Crippen LogP contribution in [0.5, 0.6) is 0 Å². The molecule has 4 rings (SSSR count). The van der Waals surface area contributed by atoms with E-state index in [4.69, 9.17) is 4.74 Å². The van der Waals surface area contributed by atoms with Crippen molar-refractivity contribution in [2.75, 3.05) is 19.7 Å². The van der Waals surface area contributed by atoms with Gasteiger partial charge in [0.05, 0.1) is 18.8 Å². The Labute approximate surface area is 137 Å². The van der Waals surface area contributed by atoms with Crippen LogP contribution in [0.4, 0.5) is 0 Å². The van der Waals surface area contributed by atoms with Crippen LogP contribution < -0.4 is 0 Å². The van der Waals surface area contributed by atoms with Gasteiger partial charge in [-0.1, -0.05) is 0 Å². The fourth-order valence-electron chi connectivity index (χ4n) is 2.82. The molecule has 1 N–H and O–H groups in total. The van der Waals surface area contributed by atoms with Crippen LogP contribution in [0, 0.1) is 6.92 Å². The van der Waals surface area contributed by atoms with Gasteiger partial charge in [-0.3, -0.25) is 4.79 Å². The van der Waals surface area contributed by atoms with E-state index in [9.17, 15) is 4.79 Å². The Morgan fingerprint density at radius 3 is 3.04 bits per heavy atom. The number of nitrogens with zero attached hydrogens (tertiary/aromatic N) is 5. The minimum absolute atomic E-state index is 0.0426. The molecule has 1 amide bonds. The number of H-pyrrole nitrogens is 1. The van der Waals surface area contributed by atoms with E-state index in [1.807, 2.05) is 13.0 Å². The zero-order valence-electron chi connectivity index (χ0n) is 13.1. The van der Waals surface area contributed by atoms with E-state index < -0.39 is 0 Å². The normalized spacial score (nSPS) is 18.0. The molecule has 2 aromatic heterocycles. The van der Waals surface area contributed by atoms with Crippen LogP contribution in [0.25, 0.3) is 11.0 Å². The minimum Gasteiger partial charge on any atom is -0.368 e. The number of hydrogen-bond acceptors (Lipinski definition) is 6. The standard InChI is InChI=1S/C16H16N6O2/c1-10-17-5-4-13(18-10)15-9-22(6-7-24-15)16(23)11-2-3-12-14(8-11)20-21-19-12/h2-5,8,15H,6-7,9H2,1H3,(H,19,20,21). The molecule has 1 unspecified atom stereocenters. The van der Waals surface area contributed by atoms with Crippen LogP contribution in [-0.4, -0.2) is 55.9 Å². The molecule has 24 heavy (non-hydrogen) atoms. The molecular formula is C16H16N6O2. The first-order chi connectivity index (χ1) is 11.7. The second kappa shape index (κ2) is 5.97. The lowest BCUT2D eigenvalue weighted by atomic mass is 10.1. The summed E-state index contributed by atoms with van der Waals surface area (Å²) < 4.78 is 5.78. The summed E-state index contributed by atoms with van der Waals surface area (Å²) >= 11 is 0. The molecule has 1 aromatic carbocycles. The number of rotatable bonds is 2. The molecule has 8 nitrogen and oxygen atoms in total. The molecule has 3 heterocycles. The molecule has 0 aliphatic carbocycles. The summed E-state index contributed by atoms with van der Waals surface area (Å²) in [5.74, 6) is 0.648. The number of fused-ring (bicyclic) bond motifs is 1. The summed E-state index contributed by atoms with van der Waals surface area (Å²) in [4.78, 5) is 23.1. The fraction of sp³-hybridized carbons (Fsp3) is 0.312. The number of carbonyl (C=O) groups excluding carboxylic acids is 1. The topological polar surface area (TPSA) is 96.9 Å². The third-order valence-electron chi connectivity index (χ3n) is 4.04. The van der Waals surface area contributed by atoms with Crippen LogP contribution in [0.1, 0.15) is 28.0 Å². The third-order valence-corrected chi connectivity index (χ3v) is 4.04. The van der Waals surface area contributed by atoms with Crippen molar-refractivity contribution >= 4 is 16.9 Å². The summed E-state index contributed by atoms with van der Waals surface area (Å²) in [6, 6.07) is 7.14. The second-order valence-corrected chi connectivity index (χ2v) is 5.67. The Kier molecular flexibility index (Phi) is 3.66. The molecule has 3 aromatic rings.